The summed E-state index contributed by atoms with van der Waals surface area (Å²) in [6.45, 7) is 0.661. The molecule has 3 rings (SSSR count). The van der Waals surface area contributed by atoms with Crippen LogP contribution in [0.2, 0.25) is 14.4 Å². The summed E-state index contributed by atoms with van der Waals surface area (Å²) in [7, 11) is 0. The van der Waals surface area contributed by atoms with Gasteiger partial charge in [-0.2, -0.15) is 0 Å². The highest BCUT2D eigenvalue weighted by Crippen LogP contribution is 2.30. The predicted molar refractivity (Wildman–Crippen MR) is 87.7 cm³/mol. The van der Waals surface area contributed by atoms with Gasteiger partial charge in [-0.1, -0.05) is 34.8 Å². The molecular weight excluding hydrogens is 358 g/mol. The average Bonchev–Trinajstić information content (AvgIpc) is 2.96. The molecule has 2 aromatic heterocycles. The number of thiophene rings is 1. The van der Waals surface area contributed by atoms with Crippen LogP contribution in [0.15, 0.2) is 24.3 Å². The SMILES string of the molecule is ClCc1nc2cc(Cl)c(Cl)cc2n1Cc1ccc(Cl)s1. The van der Waals surface area contributed by atoms with Crippen LogP contribution in [0, 0.1) is 0 Å². The van der Waals surface area contributed by atoms with E-state index >= 15 is 0 Å². The van der Waals surface area contributed by atoms with Crippen LogP contribution in [0.1, 0.15) is 10.7 Å². The Morgan fingerprint density at radius 2 is 1.85 bits per heavy atom. The predicted octanol–water partition coefficient (Wildman–Crippen LogP) is 5.85. The molecule has 20 heavy (non-hydrogen) atoms. The number of hydrogen-bond donors (Lipinski definition) is 0. The van der Waals surface area contributed by atoms with Gasteiger partial charge >= 0.3 is 0 Å². The number of imidazole rings is 1. The standard InChI is InChI=1S/C13H8Cl4N2S/c14-5-13-18-10-3-8(15)9(16)4-11(10)19(13)6-7-1-2-12(17)20-7/h1-4H,5-6H2. The maximum atomic E-state index is 6.09. The summed E-state index contributed by atoms with van der Waals surface area (Å²) in [6, 6.07) is 7.45. The van der Waals surface area contributed by atoms with Crippen molar-refractivity contribution in [1.82, 2.24) is 9.55 Å². The number of hydrogen-bond acceptors (Lipinski definition) is 2. The molecule has 0 saturated carbocycles. The van der Waals surface area contributed by atoms with Crippen molar-refractivity contribution in [2.45, 2.75) is 12.4 Å². The molecule has 0 saturated heterocycles. The van der Waals surface area contributed by atoms with Crippen LogP contribution in [-0.4, -0.2) is 9.55 Å². The highest BCUT2D eigenvalue weighted by atomic mass is 35.5. The Kier molecular flexibility index (Phi) is 4.16. The Labute approximate surface area is 139 Å². The molecule has 0 N–H and O–H groups in total. The van der Waals surface area contributed by atoms with Gasteiger partial charge in [-0.3, -0.25) is 0 Å². The molecule has 2 heterocycles. The summed E-state index contributed by atoms with van der Waals surface area (Å²) in [5.41, 5.74) is 1.71. The molecule has 0 bridgehead atoms. The molecule has 0 aliphatic heterocycles. The van der Waals surface area contributed by atoms with Crippen molar-refractivity contribution in [2.24, 2.45) is 0 Å². The van der Waals surface area contributed by atoms with E-state index in [2.05, 4.69) is 4.98 Å². The van der Waals surface area contributed by atoms with Crippen LogP contribution >= 0.6 is 57.7 Å². The van der Waals surface area contributed by atoms with Gasteiger partial charge in [0.05, 0.1) is 37.8 Å². The third kappa shape index (κ3) is 2.66. The van der Waals surface area contributed by atoms with Crippen molar-refractivity contribution in [3.05, 3.63) is 49.3 Å². The fourth-order valence-electron chi connectivity index (χ4n) is 2.04. The molecule has 0 amide bonds. The van der Waals surface area contributed by atoms with Gasteiger partial charge in [0.15, 0.2) is 0 Å². The van der Waals surface area contributed by atoms with Crippen molar-refractivity contribution in [2.75, 3.05) is 0 Å². The smallest absolute Gasteiger partial charge is 0.125 e. The lowest BCUT2D eigenvalue weighted by Gasteiger charge is -2.06. The number of alkyl halides is 1. The summed E-state index contributed by atoms with van der Waals surface area (Å²) in [4.78, 5) is 5.63. The van der Waals surface area contributed by atoms with Crippen molar-refractivity contribution in [1.29, 1.82) is 0 Å². The van der Waals surface area contributed by atoms with Gasteiger partial charge in [0.25, 0.3) is 0 Å². The van der Waals surface area contributed by atoms with Gasteiger partial charge in [-0.25, -0.2) is 4.98 Å². The van der Waals surface area contributed by atoms with Gasteiger partial charge in [-0.15, -0.1) is 22.9 Å². The van der Waals surface area contributed by atoms with Crippen molar-refractivity contribution >= 4 is 68.8 Å². The zero-order valence-electron chi connectivity index (χ0n) is 10.0. The monoisotopic (exact) mass is 364 g/mol. The minimum atomic E-state index is 0.322. The van der Waals surface area contributed by atoms with E-state index in [4.69, 9.17) is 46.4 Å². The quantitative estimate of drug-likeness (QED) is 0.532. The summed E-state index contributed by atoms with van der Waals surface area (Å²) in [6.07, 6.45) is 0. The minimum Gasteiger partial charge on any atom is -0.322 e. The first kappa shape index (κ1) is 14.5. The van der Waals surface area contributed by atoms with E-state index in [0.29, 0.717) is 22.5 Å². The highest BCUT2D eigenvalue weighted by molar-refractivity contribution is 7.16. The molecule has 2 nitrogen and oxygen atoms in total. The van der Waals surface area contributed by atoms with E-state index in [1.165, 1.54) is 11.3 Å². The van der Waals surface area contributed by atoms with E-state index in [1.54, 1.807) is 6.07 Å². The second kappa shape index (κ2) is 5.74. The van der Waals surface area contributed by atoms with Crippen LogP contribution in [0.5, 0.6) is 0 Å². The summed E-state index contributed by atoms with van der Waals surface area (Å²) in [5.74, 6) is 1.10. The third-order valence-electron chi connectivity index (χ3n) is 2.93. The Hall–Kier alpha value is -0.450. The number of halogens is 4. The van der Waals surface area contributed by atoms with Crippen LogP contribution in [-0.2, 0) is 12.4 Å². The lowest BCUT2D eigenvalue weighted by Crippen LogP contribution is -2.02. The fourth-order valence-corrected chi connectivity index (χ4v) is 3.64. The largest absolute Gasteiger partial charge is 0.322 e. The topological polar surface area (TPSA) is 17.8 Å². The van der Waals surface area contributed by atoms with Crippen molar-refractivity contribution in [3.8, 4) is 0 Å². The second-order valence-corrected chi connectivity index (χ2v) is 7.09. The number of fused-ring (bicyclic) bond motifs is 1. The van der Waals surface area contributed by atoms with E-state index in [-0.39, 0.29) is 0 Å². The fraction of sp³-hybridized carbons (Fsp3) is 0.154. The Morgan fingerprint density at radius 1 is 1.10 bits per heavy atom. The van der Waals surface area contributed by atoms with Gasteiger partial charge in [0.2, 0.25) is 0 Å². The van der Waals surface area contributed by atoms with Crippen molar-refractivity contribution in [3.63, 3.8) is 0 Å². The molecule has 7 heteroatoms. The first-order valence-electron chi connectivity index (χ1n) is 5.73. The molecule has 3 aromatic rings. The highest BCUT2D eigenvalue weighted by Gasteiger charge is 2.13. The average molecular weight is 366 g/mol. The molecular formula is C13H8Cl4N2S. The number of aromatic nitrogens is 2. The molecule has 0 spiro atoms. The molecule has 1 aromatic carbocycles. The number of rotatable bonds is 3. The number of benzene rings is 1. The molecule has 0 aliphatic rings. The lowest BCUT2D eigenvalue weighted by atomic mass is 10.3. The van der Waals surface area contributed by atoms with Crippen LogP contribution in [0.3, 0.4) is 0 Å². The minimum absolute atomic E-state index is 0.322. The van der Waals surface area contributed by atoms with E-state index in [9.17, 15) is 0 Å². The van der Waals surface area contributed by atoms with Gasteiger partial charge in [-0.05, 0) is 24.3 Å². The normalized spacial score (nSPS) is 11.4. The zero-order valence-corrected chi connectivity index (χ0v) is 13.9. The molecule has 0 aliphatic carbocycles. The third-order valence-corrected chi connectivity index (χ3v) is 5.11. The number of nitrogens with zero attached hydrogens (tertiary/aromatic N) is 2. The summed E-state index contributed by atoms with van der Waals surface area (Å²) < 4.78 is 2.80. The van der Waals surface area contributed by atoms with Crippen LogP contribution in [0.25, 0.3) is 11.0 Å². The van der Waals surface area contributed by atoms with Gasteiger partial charge in [0.1, 0.15) is 5.82 Å². The summed E-state index contributed by atoms with van der Waals surface area (Å²) in [5, 5.41) is 0.995. The maximum Gasteiger partial charge on any atom is 0.125 e. The molecule has 0 fully saturated rings. The first-order chi connectivity index (χ1) is 9.58. The second-order valence-electron chi connectivity index (χ2n) is 4.21. The molecule has 104 valence electrons. The zero-order chi connectivity index (χ0) is 14.3. The van der Waals surface area contributed by atoms with Gasteiger partial charge < -0.3 is 4.57 Å². The summed E-state index contributed by atoms with van der Waals surface area (Å²) >= 11 is 25.6. The Bertz CT molecular complexity index is 778. The molecule has 0 radical (unpaired) electrons. The Morgan fingerprint density at radius 3 is 2.50 bits per heavy atom. The van der Waals surface area contributed by atoms with Crippen LogP contribution < -0.4 is 0 Å². The molecule has 0 atom stereocenters. The van der Waals surface area contributed by atoms with E-state index in [0.717, 1.165) is 26.1 Å². The molecule has 0 unspecified atom stereocenters. The first-order valence-corrected chi connectivity index (χ1v) is 8.21. The van der Waals surface area contributed by atoms with Crippen LogP contribution in [0.4, 0.5) is 0 Å². The van der Waals surface area contributed by atoms with Crippen molar-refractivity contribution < 1.29 is 0 Å². The maximum absolute atomic E-state index is 6.09. The van der Waals surface area contributed by atoms with E-state index < -0.39 is 0 Å². The van der Waals surface area contributed by atoms with Gasteiger partial charge in [0, 0.05) is 4.88 Å². The lowest BCUT2D eigenvalue weighted by molar-refractivity contribution is 0.789. The Balaban J connectivity index is 2.14. The van der Waals surface area contributed by atoms with E-state index in [1.807, 2.05) is 22.8 Å².